The number of carbonyl (C=O) groups excluding carboxylic acids is 1. The highest BCUT2D eigenvalue weighted by atomic mass is 16.5. The van der Waals surface area contributed by atoms with E-state index in [2.05, 4.69) is 22.7 Å². The molecule has 1 amide bonds. The summed E-state index contributed by atoms with van der Waals surface area (Å²) in [5, 5.41) is 9.49. The van der Waals surface area contributed by atoms with Crippen LogP contribution >= 0.6 is 0 Å². The van der Waals surface area contributed by atoms with E-state index in [1.54, 1.807) is 13.0 Å². The molecule has 1 rings (SSSR count). The molecule has 0 saturated carbocycles. The molecule has 84 valence electrons. The maximum absolute atomic E-state index is 11.5. The normalized spacial score (nSPS) is 12.5. The van der Waals surface area contributed by atoms with Crippen LogP contribution in [0.15, 0.2) is 10.6 Å². The van der Waals surface area contributed by atoms with Gasteiger partial charge in [-0.1, -0.05) is 12.1 Å². The SMILES string of the molecule is CNCC(C)CNC(=O)c1cc(C)no1. The second-order valence-electron chi connectivity index (χ2n) is 3.71. The molecule has 5 heteroatoms. The molecule has 0 bridgehead atoms. The average molecular weight is 211 g/mol. The molecule has 1 aromatic heterocycles. The van der Waals surface area contributed by atoms with Gasteiger partial charge in [0.1, 0.15) is 0 Å². The zero-order valence-corrected chi connectivity index (χ0v) is 9.33. The van der Waals surface area contributed by atoms with Crippen LogP contribution < -0.4 is 10.6 Å². The molecule has 1 aromatic rings. The smallest absolute Gasteiger partial charge is 0.289 e. The number of hydrogen-bond donors (Lipinski definition) is 2. The molecule has 0 spiro atoms. The van der Waals surface area contributed by atoms with Crippen molar-refractivity contribution in [3.8, 4) is 0 Å². The van der Waals surface area contributed by atoms with E-state index in [-0.39, 0.29) is 11.7 Å². The third kappa shape index (κ3) is 3.71. The van der Waals surface area contributed by atoms with E-state index in [1.807, 2.05) is 7.05 Å². The molecule has 0 fully saturated rings. The second kappa shape index (κ2) is 5.50. The molecule has 1 heterocycles. The standard InChI is InChI=1S/C10H17N3O2/c1-7(5-11-3)6-12-10(14)9-4-8(2)13-15-9/h4,7,11H,5-6H2,1-3H3,(H,12,14). The fraction of sp³-hybridized carbons (Fsp3) is 0.600. The fourth-order valence-corrected chi connectivity index (χ4v) is 1.25. The summed E-state index contributed by atoms with van der Waals surface area (Å²) in [6, 6.07) is 1.62. The van der Waals surface area contributed by atoms with Crippen molar-refractivity contribution in [2.45, 2.75) is 13.8 Å². The maximum atomic E-state index is 11.5. The Morgan fingerprint density at radius 2 is 2.33 bits per heavy atom. The van der Waals surface area contributed by atoms with Crippen LogP contribution in [-0.4, -0.2) is 31.2 Å². The summed E-state index contributed by atoms with van der Waals surface area (Å²) in [6.07, 6.45) is 0. The summed E-state index contributed by atoms with van der Waals surface area (Å²) < 4.78 is 4.84. The average Bonchev–Trinajstić information content (AvgIpc) is 2.62. The van der Waals surface area contributed by atoms with Crippen molar-refractivity contribution < 1.29 is 9.32 Å². The lowest BCUT2D eigenvalue weighted by atomic mass is 10.2. The van der Waals surface area contributed by atoms with Crippen LogP contribution in [0.2, 0.25) is 0 Å². The quantitative estimate of drug-likeness (QED) is 0.747. The number of nitrogens with zero attached hydrogens (tertiary/aromatic N) is 1. The van der Waals surface area contributed by atoms with Gasteiger partial charge in [0.25, 0.3) is 5.91 Å². The lowest BCUT2D eigenvalue weighted by Crippen LogP contribution is -2.31. The number of carbonyl (C=O) groups is 1. The van der Waals surface area contributed by atoms with Gasteiger partial charge in [-0.25, -0.2) is 0 Å². The summed E-state index contributed by atoms with van der Waals surface area (Å²) in [5.74, 6) is 0.450. The predicted molar refractivity (Wildman–Crippen MR) is 56.7 cm³/mol. The lowest BCUT2D eigenvalue weighted by molar-refractivity contribution is 0.0911. The zero-order chi connectivity index (χ0) is 11.3. The molecule has 5 nitrogen and oxygen atoms in total. The van der Waals surface area contributed by atoms with Gasteiger partial charge in [0.15, 0.2) is 0 Å². The third-order valence-corrected chi connectivity index (χ3v) is 2.02. The van der Waals surface area contributed by atoms with Crippen molar-refractivity contribution in [1.82, 2.24) is 15.8 Å². The molecule has 1 unspecified atom stereocenters. The Morgan fingerprint density at radius 1 is 1.60 bits per heavy atom. The van der Waals surface area contributed by atoms with Crippen LogP contribution in [0, 0.1) is 12.8 Å². The number of hydrogen-bond acceptors (Lipinski definition) is 4. The summed E-state index contributed by atoms with van der Waals surface area (Å²) in [5.41, 5.74) is 0.712. The first-order chi connectivity index (χ1) is 7.13. The monoisotopic (exact) mass is 211 g/mol. The topological polar surface area (TPSA) is 67.2 Å². The number of amides is 1. The highest BCUT2D eigenvalue weighted by Crippen LogP contribution is 2.01. The van der Waals surface area contributed by atoms with E-state index in [9.17, 15) is 4.79 Å². The molecular weight excluding hydrogens is 194 g/mol. The zero-order valence-electron chi connectivity index (χ0n) is 9.33. The summed E-state index contributed by atoms with van der Waals surface area (Å²) in [6.45, 7) is 5.33. The van der Waals surface area contributed by atoms with E-state index in [1.165, 1.54) is 0 Å². The molecule has 0 aliphatic rings. The van der Waals surface area contributed by atoms with Gasteiger partial charge in [0.2, 0.25) is 5.76 Å². The van der Waals surface area contributed by atoms with Gasteiger partial charge in [0, 0.05) is 12.6 Å². The van der Waals surface area contributed by atoms with Crippen LogP contribution in [-0.2, 0) is 0 Å². The van der Waals surface area contributed by atoms with Crippen molar-refractivity contribution in [2.75, 3.05) is 20.1 Å². The van der Waals surface area contributed by atoms with Crippen LogP contribution in [0.4, 0.5) is 0 Å². The minimum Gasteiger partial charge on any atom is -0.351 e. The van der Waals surface area contributed by atoms with Crippen LogP contribution in [0.1, 0.15) is 23.2 Å². The number of aryl methyl sites for hydroxylation is 1. The van der Waals surface area contributed by atoms with Gasteiger partial charge in [-0.3, -0.25) is 4.79 Å². The summed E-state index contributed by atoms with van der Waals surface area (Å²) >= 11 is 0. The highest BCUT2D eigenvalue weighted by molar-refractivity contribution is 5.91. The first-order valence-corrected chi connectivity index (χ1v) is 4.99. The fourth-order valence-electron chi connectivity index (χ4n) is 1.25. The van der Waals surface area contributed by atoms with E-state index in [4.69, 9.17) is 4.52 Å². The largest absolute Gasteiger partial charge is 0.351 e. The Morgan fingerprint density at radius 3 is 2.87 bits per heavy atom. The second-order valence-corrected chi connectivity index (χ2v) is 3.71. The highest BCUT2D eigenvalue weighted by Gasteiger charge is 2.11. The minimum absolute atomic E-state index is 0.210. The molecule has 0 saturated heterocycles. The van der Waals surface area contributed by atoms with Crippen LogP contribution in [0.3, 0.4) is 0 Å². The molecule has 0 aromatic carbocycles. The molecular formula is C10H17N3O2. The molecule has 0 aliphatic carbocycles. The Bertz CT molecular complexity index is 322. The van der Waals surface area contributed by atoms with Crippen molar-refractivity contribution in [2.24, 2.45) is 5.92 Å². The number of nitrogens with one attached hydrogen (secondary N) is 2. The molecule has 2 N–H and O–H groups in total. The maximum Gasteiger partial charge on any atom is 0.289 e. The van der Waals surface area contributed by atoms with E-state index in [0.29, 0.717) is 18.2 Å². The number of aromatic nitrogens is 1. The van der Waals surface area contributed by atoms with Gasteiger partial charge in [-0.15, -0.1) is 0 Å². The van der Waals surface area contributed by atoms with Crippen LogP contribution in [0.25, 0.3) is 0 Å². The van der Waals surface area contributed by atoms with Crippen molar-refractivity contribution in [3.05, 3.63) is 17.5 Å². The predicted octanol–water partition coefficient (Wildman–Crippen LogP) is 0.568. The van der Waals surface area contributed by atoms with Gasteiger partial charge < -0.3 is 15.2 Å². The Hall–Kier alpha value is -1.36. The lowest BCUT2D eigenvalue weighted by Gasteiger charge is -2.10. The summed E-state index contributed by atoms with van der Waals surface area (Å²) in [4.78, 5) is 11.5. The Labute approximate surface area is 89.2 Å². The van der Waals surface area contributed by atoms with E-state index < -0.39 is 0 Å². The molecule has 0 aliphatic heterocycles. The van der Waals surface area contributed by atoms with E-state index >= 15 is 0 Å². The Kier molecular flexibility index (Phi) is 4.30. The van der Waals surface area contributed by atoms with Crippen molar-refractivity contribution in [1.29, 1.82) is 0 Å². The number of rotatable bonds is 5. The minimum atomic E-state index is -0.210. The molecule has 15 heavy (non-hydrogen) atoms. The van der Waals surface area contributed by atoms with Crippen molar-refractivity contribution >= 4 is 5.91 Å². The van der Waals surface area contributed by atoms with Gasteiger partial charge in [0.05, 0.1) is 5.69 Å². The van der Waals surface area contributed by atoms with Gasteiger partial charge in [-0.2, -0.15) is 0 Å². The van der Waals surface area contributed by atoms with Crippen LogP contribution in [0.5, 0.6) is 0 Å². The third-order valence-electron chi connectivity index (χ3n) is 2.02. The Balaban J connectivity index is 2.36. The first kappa shape index (κ1) is 11.7. The molecule has 0 radical (unpaired) electrons. The van der Waals surface area contributed by atoms with Crippen molar-refractivity contribution in [3.63, 3.8) is 0 Å². The molecule has 1 atom stereocenters. The van der Waals surface area contributed by atoms with Gasteiger partial charge in [-0.05, 0) is 26.4 Å². The first-order valence-electron chi connectivity index (χ1n) is 4.99. The summed E-state index contributed by atoms with van der Waals surface area (Å²) in [7, 11) is 1.89. The van der Waals surface area contributed by atoms with E-state index in [0.717, 1.165) is 6.54 Å². The van der Waals surface area contributed by atoms with Gasteiger partial charge >= 0.3 is 0 Å².